The van der Waals surface area contributed by atoms with Gasteiger partial charge in [-0.3, -0.25) is 0 Å². The number of anilines is 1. The zero-order chi connectivity index (χ0) is 11.7. The Hall–Kier alpha value is -1.16. The van der Waals surface area contributed by atoms with Crippen molar-refractivity contribution < 1.29 is 0 Å². The fourth-order valence-corrected chi connectivity index (χ4v) is 2.99. The van der Waals surface area contributed by atoms with Crippen LogP contribution in [0.2, 0.25) is 0 Å². The van der Waals surface area contributed by atoms with Crippen LogP contribution in [0, 0.1) is 0 Å². The highest BCUT2D eigenvalue weighted by Gasteiger charge is 2.25. The lowest BCUT2D eigenvalue weighted by Crippen LogP contribution is -2.36. The molecule has 1 aromatic rings. The van der Waals surface area contributed by atoms with Crippen molar-refractivity contribution in [2.45, 2.75) is 57.0 Å². The van der Waals surface area contributed by atoms with Crippen LogP contribution in [-0.4, -0.2) is 22.1 Å². The molecule has 4 nitrogen and oxygen atoms in total. The molecule has 3 N–H and O–H groups in total. The topological polar surface area (TPSA) is 63.8 Å². The largest absolute Gasteiger partial charge is 0.365 e. The first-order valence-electron chi connectivity index (χ1n) is 6.69. The quantitative estimate of drug-likeness (QED) is 0.813. The number of rotatable bonds is 2. The molecule has 92 valence electrons. The average molecular weight is 232 g/mol. The van der Waals surface area contributed by atoms with Gasteiger partial charge in [-0.1, -0.05) is 0 Å². The van der Waals surface area contributed by atoms with Crippen molar-refractivity contribution in [3.8, 4) is 0 Å². The molecule has 4 heteroatoms. The molecule has 2 unspecified atom stereocenters. The third kappa shape index (κ3) is 2.14. The Balaban J connectivity index is 1.82. The van der Waals surface area contributed by atoms with Crippen molar-refractivity contribution >= 4 is 5.82 Å². The second-order valence-corrected chi connectivity index (χ2v) is 5.20. The zero-order valence-electron chi connectivity index (χ0n) is 10.2. The second-order valence-electron chi connectivity index (χ2n) is 5.20. The Kier molecular flexibility index (Phi) is 2.97. The minimum Gasteiger partial charge on any atom is -0.365 e. The van der Waals surface area contributed by atoms with Crippen LogP contribution in [-0.2, 0) is 12.8 Å². The highest BCUT2D eigenvalue weighted by molar-refractivity contribution is 5.48. The summed E-state index contributed by atoms with van der Waals surface area (Å²) in [5.74, 6) is 1.04. The predicted octanol–water partition coefficient (Wildman–Crippen LogP) is 1.65. The summed E-state index contributed by atoms with van der Waals surface area (Å²) in [6.45, 7) is 0. The van der Waals surface area contributed by atoms with Gasteiger partial charge >= 0.3 is 0 Å². The Morgan fingerprint density at radius 3 is 2.82 bits per heavy atom. The number of hydrogen-bond acceptors (Lipinski definition) is 4. The predicted molar refractivity (Wildman–Crippen MR) is 67.9 cm³/mol. The van der Waals surface area contributed by atoms with E-state index in [1.807, 2.05) is 0 Å². The van der Waals surface area contributed by atoms with Crippen LogP contribution >= 0.6 is 0 Å². The van der Waals surface area contributed by atoms with Crippen LogP contribution in [0.3, 0.4) is 0 Å². The molecule has 1 heterocycles. The third-order valence-corrected chi connectivity index (χ3v) is 4.02. The smallest absolute Gasteiger partial charge is 0.133 e. The first-order chi connectivity index (χ1) is 8.34. The van der Waals surface area contributed by atoms with E-state index >= 15 is 0 Å². The van der Waals surface area contributed by atoms with E-state index in [1.54, 1.807) is 6.33 Å². The standard InChI is InChI=1S/C13H20N4/c14-10-5-3-7-12(10)17-13-9-4-1-2-6-11(9)15-8-16-13/h8,10,12H,1-7,14H2,(H,15,16,17). The number of aromatic nitrogens is 2. The van der Waals surface area contributed by atoms with Gasteiger partial charge in [0.1, 0.15) is 12.1 Å². The summed E-state index contributed by atoms with van der Waals surface area (Å²) >= 11 is 0. The van der Waals surface area contributed by atoms with Crippen molar-refractivity contribution in [1.29, 1.82) is 0 Å². The summed E-state index contributed by atoms with van der Waals surface area (Å²) in [4.78, 5) is 8.80. The number of nitrogens with one attached hydrogen (secondary N) is 1. The third-order valence-electron chi connectivity index (χ3n) is 4.02. The Morgan fingerprint density at radius 2 is 2.00 bits per heavy atom. The maximum atomic E-state index is 6.10. The molecule has 1 saturated carbocycles. The van der Waals surface area contributed by atoms with Crippen LogP contribution in [0.5, 0.6) is 0 Å². The molecule has 0 bridgehead atoms. The number of nitrogens with zero attached hydrogens (tertiary/aromatic N) is 2. The van der Waals surface area contributed by atoms with Gasteiger partial charge in [-0.15, -0.1) is 0 Å². The van der Waals surface area contributed by atoms with Crippen molar-refractivity contribution in [3.63, 3.8) is 0 Å². The number of fused-ring (bicyclic) bond motifs is 1. The molecule has 3 rings (SSSR count). The minimum absolute atomic E-state index is 0.282. The van der Waals surface area contributed by atoms with Gasteiger partial charge in [0.2, 0.25) is 0 Å². The van der Waals surface area contributed by atoms with Gasteiger partial charge in [0.25, 0.3) is 0 Å². The Bertz CT molecular complexity index is 404. The SMILES string of the molecule is NC1CCCC1Nc1ncnc2c1CCCC2. The Morgan fingerprint density at radius 1 is 1.12 bits per heavy atom. The van der Waals surface area contributed by atoms with E-state index in [0.29, 0.717) is 6.04 Å². The van der Waals surface area contributed by atoms with E-state index in [4.69, 9.17) is 5.73 Å². The maximum Gasteiger partial charge on any atom is 0.133 e. The first-order valence-corrected chi connectivity index (χ1v) is 6.69. The van der Waals surface area contributed by atoms with Gasteiger partial charge in [-0.25, -0.2) is 9.97 Å². The van der Waals surface area contributed by atoms with E-state index < -0.39 is 0 Å². The molecule has 0 aliphatic heterocycles. The summed E-state index contributed by atoms with van der Waals surface area (Å²) in [6, 6.07) is 0.681. The van der Waals surface area contributed by atoms with Gasteiger partial charge in [-0.2, -0.15) is 0 Å². The normalized spacial score (nSPS) is 27.8. The molecule has 0 spiro atoms. The zero-order valence-corrected chi connectivity index (χ0v) is 10.2. The molecule has 2 aliphatic carbocycles. The molecular formula is C13H20N4. The van der Waals surface area contributed by atoms with Gasteiger partial charge in [-0.05, 0) is 44.9 Å². The fraction of sp³-hybridized carbons (Fsp3) is 0.692. The van der Waals surface area contributed by atoms with Gasteiger partial charge < -0.3 is 11.1 Å². The highest BCUT2D eigenvalue weighted by Crippen LogP contribution is 2.27. The van der Waals surface area contributed by atoms with Crippen molar-refractivity contribution in [1.82, 2.24) is 9.97 Å². The second kappa shape index (κ2) is 4.61. The first kappa shape index (κ1) is 11.0. The highest BCUT2D eigenvalue weighted by atomic mass is 15.1. The molecule has 17 heavy (non-hydrogen) atoms. The molecule has 0 amide bonds. The lowest BCUT2D eigenvalue weighted by Gasteiger charge is -2.22. The average Bonchev–Trinajstić information content (AvgIpc) is 2.76. The molecule has 2 aliphatic rings. The Labute approximate surface area is 102 Å². The molecule has 1 aromatic heterocycles. The monoisotopic (exact) mass is 232 g/mol. The van der Waals surface area contributed by atoms with Crippen LogP contribution in [0.25, 0.3) is 0 Å². The molecule has 1 fully saturated rings. The van der Waals surface area contributed by atoms with E-state index in [1.165, 1.54) is 36.9 Å². The summed E-state index contributed by atoms with van der Waals surface area (Å²) in [5, 5.41) is 3.54. The summed E-state index contributed by atoms with van der Waals surface area (Å²) in [5.41, 5.74) is 8.66. The summed E-state index contributed by atoms with van der Waals surface area (Å²) in [6.07, 6.45) is 9.94. The maximum absolute atomic E-state index is 6.10. The van der Waals surface area contributed by atoms with E-state index in [9.17, 15) is 0 Å². The van der Waals surface area contributed by atoms with Crippen molar-refractivity contribution in [3.05, 3.63) is 17.6 Å². The number of hydrogen-bond donors (Lipinski definition) is 2. The summed E-state index contributed by atoms with van der Waals surface area (Å²) in [7, 11) is 0. The number of aryl methyl sites for hydroxylation is 1. The van der Waals surface area contributed by atoms with Crippen molar-refractivity contribution in [2.24, 2.45) is 5.73 Å². The molecule has 2 atom stereocenters. The van der Waals surface area contributed by atoms with E-state index in [2.05, 4.69) is 15.3 Å². The van der Waals surface area contributed by atoms with Crippen LogP contribution in [0.4, 0.5) is 5.82 Å². The fourth-order valence-electron chi connectivity index (χ4n) is 2.99. The van der Waals surface area contributed by atoms with Crippen LogP contribution in [0.15, 0.2) is 6.33 Å². The molecule has 0 aromatic carbocycles. The number of nitrogens with two attached hydrogens (primary N) is 1. The van der Waals surface area contributed by atoms with Crippen LogP contribution < -0.4 is 11.1 Å². The van der Waals surface area contributed by atoms with Gasteiger partial charge in [0.15, 0.2) is 0 Å². The van der Waals surface area contributed by atoms with E-state index in [-0.39, 0.29) is 6.04 Å². The van der Waals surface area contributed by atoms with Crippen molar-refractivity contribution in [2.75, 3.05) is 5.32 Å². The molecular weight excluding hydrogens is 212 g/mol. The van der Waals surface area contributed by atoms with E-state index in [0.717, 1.165) is 25.1 Å². The van der Waals surface area contributed by atoms with Gasteiger partial charge in [0.05, 0.1) is 0 Å². The molecule has 0 saturated heterocycles. The minimum atomic E-state index is 0.282. The molecule has 0 radical (unpaired) electrons. The van der Waals surface area contributed by atoms with Gasteiger partial charge in [0, 0.05) is 23.3 Å². The van der Waals surface area contributed by atoms with Crippen LogP contribution in [0.1, 0.15) is 43.4 Å². The lowest BCUT2D eigenvalue weighted by atomic mass is 9.96. The summed E-state index contributed by atoms with van der Waals surface area (Å²) < 4.78 is 0. The lowest BCUT2D eigenvalue weighted by molar-refractivity contribution is 0.625.